The molecule has 0 spiro atoms. The van der Waals surface area contributed by atoms with Gasteiger partial charge in [-0.3, -0.25) is 9.59 Å². The van der Waals surface area contributed by atoms with Crippen LogP contribution in [0.5, 0.6) is 5.75 Å². The van der Waals surface area contributed by atoms with Gasteiger partial charge in [-0.05, 0) is 49.3 Å². The van der Waals surface area contributed by atoms with E-state index >= 15 is 0 Å². The van der Waals surface area contributed by atoms with Crippen LogP contribution in [0.2, 0.25) is 5.02 Å². The molecule has 1 aliphatic heterocycles. The van der Waals surface area contributed by atoms with Gasteiger partial charge in [0.1, 0.15) is 5.75 Å². The Kier molecular flexibility index (Phi) is 2.80. The van der Waals surface area contributed by atoms with Crippen molar-refractivity contribution < 1.29 is 14.3 Å². The summed E-state index contributed by atoms with van der Waals surface area (Å²) in [6, 6.07) is 5.06. The Labute approximate surface area is 128 Å². The lowest BCUT2D eigenvalue weighted by molar-refractivity contribution is -0.123. The van der Waals surface area contributed by atoms with Crippen LogP contribution >= 0.6 is 11.6 Å². The average molecular weight is 306 g/mol. The van der Waals surface area contributed by atoms with Crippen molar-refractivity contribution in [1.29, 1.82) is 0 Å². The molecule has 2 saturated carbocycles. The summed E-state index contributed by atoms with van der Waals surface area (Å²) >= 11 is 6.12. The van der Waals surface area contributed by atoms with Crippen LogP contribution in [-0.2, 0) is 9.59 Å². The van der Waals surface area contributed by atoms with Gasteiger partial charge in [-0.2, -0.15) is 0 Å². The molecule has 2 aliphatic carbocycles. The monoisotopic (exact) mass is 305 g/mol. The maximum atomic E-state index is 12.7. The van der Waals surface area contributed by atoms with E-state index in [0.29, 0.717) is 28.3 Å². The first-order valence-corrected chi connectivity index (χ1v) is 7.71. The van der Waals surface area contributed by atoms with Gasteiger partial charge in [0.05, 0.1) is 29.7 Å². The van der Waals surface area contributed by atoms with Gasteiger partial charge in [0, 0.05) is 0 Å². The summed E-state index contributed by atoms with van der Waals surface area (Å²) < 4.78 is 5.11. The fourth-order valence-electron chi connectivity index (χ4n) is 4.46. The summed E-state index contributed by atoms with van der Waals surface area (Å²) in [7, 11) is 1.54. The molecule has 3 fully saturated rings. The van der Waals surface area contributed by atoms with Crippen molar-refractivity contribution in [2.45, 2.75) is 19.3 Å². The largest absolute Gasteiger partial charge is 0.495 e. The van der Waals surface area contributed by atoms with Gasteiger partial charge in [0.2, 0.25) is 11.8 Å². The van der Waals surface area contributed by atoms with Crippen molar-refractivity contribution in [3.8, 4) is 5.75 Å². The van der Waals surface area contributed by atoms with Gasteiger partial charge in [0.15, 0.2) is 0 Å². The molecule has 0 aromatic heterocycles. The van der Waals surface area contributed by atoms with Gasteiger partial charge in [-0.25, -0.2) is 4.90 Å². The van der Waals surface area contributed by atoms with E-state index in [9.17, 15) is 9.59 Å². The summed E-state index contributed by atoms with van der Waals surface area (Å²) in [6.07, 6.45) is 3.22. The zero-order valence-electron chi connectivity index (χ0n) is 11.7. The maximum absolute atomic E-state index is 12.7. The number of benzene rings is 1. The lowest BCUT2D eigenvalue weighted by Gasteiger charge is -2.19. The number of hydrogen-bond acceptors (Lipinski definition) is 3. The Balaban J connectivity index is 1.72. The molecule has 0 radical (unpaired) electrons. The van der Waals surface area contributed by atoms with E-state index in [0.717, 1.165) is 19.3 Å². The standard InChI is InChI=1S/C16H16ClNO3/c1-21-12-5-4-10(7-11(12)17)18-15(19)13-8-2-3-9(6-8)14(13)16(18)20/h4-5,7-9,13-14H,2-3,6H2,1H3. The second kappa shape index (κ2) is 4.47. The minimum atomic E-state index is -0.0999. The Morgan fingerprint density at radius 3 is 2.29 bits per heavy atom. The van der Waals surface area contributed by atoms with Gasteiger partial charge in [0.25, 0.3) is 0 Å². The number of methoxy groups -OCH3 is 1. The third-order valence-electron chi connectivity index (χ3n) is 5.32. The highest BCUT2D eigenvalue weighted by atomic mass is 35.5. The molecule has 4 atom stereocenters. The third kappa shape index (κ3) is 1.68. The fraction of sp³-hybridized carbons (Fsp3) is 0.500. The molecule has 0 N–H and O–H groups in total. The molecule has 4 unspecified atom stereocenters. The summed E-state index contributed by atoms with van der Waals surface area (Å²) in [5.41, 5.74) is 0.560. The third-order valence-corrected chi connectivity index (χ3v) is 5.62. The van der Waals surface area contributed by atoms with Crippen LogP contribution in [0.4, 0.5) is 5.69 Å². The molecule has 4 rings (SSSR count). The number of rotatable bonds is 2. The van der Waals surface area contributed by atoms with Gasteiger partial charge < -0.3 is 4.74 Å². The van der Waals surface area contributed by atoms with Crippen LogP contribution in [0.25, 0.3) is 0 Å². The number of amides is 2. The first-order chi connectivity index (χ1) is 10.1. The molecule has 2 amide bonds. The number of imide groups is 1. The summed E-state index contributed by atoms with van der Waals surface area (Å²) in [5.74, 6) is 1.05. The van der Waals surface area contributed by atoms with Crippen LogP contribution in [0.1, 0.15) is 19.3 Å². The molecule has 1 aromatic carbocycles. The SMILES string of the molecule is COc1ccc(N2C(=O)C3C4CCC(C4)C3C2=O)cc1Cl. The molecule has 1 saturated heterocycles. The number of halogens is 1. The summed E-state index contributed by atoms with van der Waals surface area (Å²) in [6.45, 7) is 0. The van der Waals surface area contributed by atoms with Crippen LogP contribution in [0, 0.1) is 23.7 Å². The van der Waals surface area contributed by atoms with Crippen molar-refractivity contribution >= 4 is 29.1 Å². The molecule has 1 heterocycles. The van der Waals surface area contributed by atoms with Crippen LogP contribution < -0.4 is 9.64 Å². The van der Waals surface area contributed by atoms with Gasteiger partial charge in [-0.1, -0.05) is 11.6 Å². The molecule has 1 aromatic rings. The van der Waals surface area contributed by atoms with E-state index in [2.05, 4.69) is 0 Å². The number of ether oxygens (including phenoxy) is 1. The number of carbonyl (C=O) groups excluding carboxylic acids is 2. The van der Waals surface area contributed by atoms with E-state index in [1.165, 1.54) is 12.0 Å². The highest BCUT2D eigenvalue weighted by Crippen LogP contribution is 2.56. The average Bonchev–Trinajstić information content (AvgIpc) is 3.13. The van der Waals surface area contributed by atoms with E-state index in [1.807, 2.05) is 0 Å². The predicted molar refractivity (Wildman–Crippen MR) is 78.3 cm³/mol. The highest BCUT2D eigenvalue weighted by molar-refractivity contribution is 6.33. The van der Waals surface area contributed by atoms with E-state index in [4.69, 9.17) is 16.3 Å². The predicted octanol–water partition coefficient (Wildman–Crippen LogP) is 2.88. The zero-order chi connectivity index (χ0) is 14.7. The Hall–Kier alpha value is -1.55. The molecule has 21 heavy (non-hydrogen) atoms. The van der Waals surface area contributed by atoms with E-state index < -0.39 is 0 Å². The van der Waals surface area contributed by atoms with Crippen molar-refractivity contribution in [2.75, 3.05) is 12.0 Å². The maximum Gasteiger partial charge on any atom is 0.237 e. The number of hydrogen-bond donors (Lipinski definition) is 0. The van der Waals surface area contributed by atoms with Crippen molar-refractivity contribution in [2.24, 2.45) is 23.7 Å². The molecular weight excluding hydrogens is 290 g/mol. The van der Waals surface area contributed by atoms with Crippen LogP contribution in [0.15, 0.2) is 18.2 Å². The fourth-order valence-corrected chi connectivity index (χ4v) is 4.71. The molecule has 110 valence electrons. The quantitative estimate of drug-likeness (QED) is 0.789. The summed E-state index contributed by atoms with van der Waals surface area (Å²) in [5, 5.41) is 0.413. The lowest BCUT2D eigenvalue weighted by atomic mass is 9.81. The smallest absolute Gasteiger partial charge is 0.237 e. The number of carbonyl (C=O) groups is 2. The Morgan fingerprint density at radius 1 is 1.14 bits per heavy atom. The zero-order valence-corrected chi connectivity index (χ0v) is 12.5. The lowest BCUT2D eigenvalue weighted by Crippen LogP contribution is -2.32. The van der Waals surface area contributed by atoms with Crippen LogP contribution in [-0.4, -0.2) is 18.9 Å². The minimum absolute atomic E-state index is 0.0431. The van der Waals surface area contributed by atoms with Crippen LogP contribution in [0.3, 0.4) is 0 Å². The Morgan fingerprint density at radius 2 is 1.76 bits per heavy atom. The molecule has 5 heteroatoms. The van der Waals surface area contributed by atoms with Crippen molar-refractivity contribution in [3.63, 3.8) is 0 Å². The topological polar surface area (TPSA) is 46.6 Å². The normalized spacial score (nSPS) is 33.7. The molecule has 4 nitrogen and oxygen atoms in total. The number of nitrogens with zero attached hydrogens (tertiary/aromatic N) is 1. The second-order valence-electron chi connectivity index (χ2n) is 6.22. The molecular formula is C16H16ClNO3. The highest BCUT2D eigenvalue weighted by Gasteiger charge is 2.61. The number of fused-ring (bicyclic) bond motifs is 5. The summed E-state index contributed by atoms with van der Waals surface area (Å²) in [4.78, 5) is 26.7. The van der Waals surface area contributed by atoms with Gasteiger partial charge in [-0.15, -0.1) is 0 Å². The number of anilines is 1. The Bertz CT molecular complexity index is 616. The minimum Gasteiger partial charge on any atom is -0.495 e. The van der Waals surface area contributed by atoms with E-state index in [-0.39, 0.29) is 23.7 Å². The first-order valence-electron chi connectivity index (χ1n) is 7.33. The van der Waals surface area contributed by atoms with Crippen molar-refractivity contribution in [3.05, 3.63) is 23.2 Å². The molecule has 2 bridgehead atoms. The van der Waals surface area contributed by atoms with E-state index in [1.54, 1.807) is 18.2 Å². The second-order valence-corrected chi connectivity index (χ2v) is 6.62. The van der Waals surface area contributed by atoms with Crippen molar-refractivity contribution in [1.82, 2.24) is 0 Å². The first kappa shape index (κ1) is 13.1. The molecule has 3 aliphatic rings. The van der Waals surface area contributed by atoms with Gasteiger partial charge >= 0.3 is 0 Å².